The number of aliphatic hydroxyl groups is 1. The summed E-state index contributed by atoms with van der Waals surface area (Å²) in [6.07, 6.45) is 0.356. The van der Waals surface area contributed by atoms with Crippen molar-refractivity contribution in [1.82, 2.24) is 15.1 Å². The van der Waals surface area contributed by atoms with E-state index in [0.717, 1.165) is 18.8 Å². The summed E-state index contributed by atoms with van der Waals surface area (Å²) in [7, 11) is 0. The van der Waals surface area contributed by atoms with Gasteiger partial charge in [-0.15, -0.1) is 0 Å². The number of hydrogen-bond acceptors (Lipinski definition) is 7. The van der Waals surface area contributed by atoms with Crippen LogP contribution in [0.25, 0.3) is 0 Å². The number of likely N-dealkylation sites (tertiary alicyclic amines) is 2. The molecule has 1 aromatic carbocycles. The highest BCUT2D eigenvalue weighted by molar-refractivity contribution is 6.01. The van der Waals surface area contributed by atoms with Crippen molar-refractivity contribution in [2.24, 2.45) is 11.8 Å². The Morgan fingerprint density at radius 1 is 1.03 bits per heavy atom. The van der Waals surface area contributed by atoms with E-state index in [2.05, 4.69) is 10.2 Å². The summed E-state index contributed by atoms with van der Waals surface area (Å²) in [6, 6.07) is 5.34. The summed E-state index contributed by atoms with van der Waals surface area (Å²) in [5.41, 5.74) is 1.48. The average molecular weight is 543 g/mol. The van der Waals surface area contributed by atoms with Crippen LogP contribution in [0.4, 0.5) is 5.69 Å². The average Bonchev–Trinajstić information content (AvgIpc) is 3.52. The fraction of sp³-hybridized carbons (Fsp3) is 0.655. The molecular formula is C29H42N4O6. The minimum atomic E-state index is -1.17. The largest absolute Gasteiger partial charge is 0.383 e. The van der Waals surface area contributed by atoms with Crippen molar-refractivity contribution in [2.45, 2.75) is 71.2 Å². The SMILES string of the molecule is CCC(C)C(O)C(=O)N1CC(=O)C2C1CCN2C(=O)C(CC(C)C)NC(=O)c1ccc(N2CCOCC2)cc1. The molecule has 3 amide bonds. The van der Waals surface area contributed by atoms with E-state index in [1.165, 1.54) is 9.80 Å². The lowest BCUT2D eigenvalue weighted by Gasteiger charge is -2.30. The van der Waals surface area contributed by atoms with Gasteiger partial charge in [0.15, 0.2) is 5.78 Å². The zero-order valence-corrected chi connectivity index (χ0v) is 23.5. The highest BCUT2D eigenvalue weighted by atomic mass is 16.5. The molecule has 10 nitrogen and oxygen atoms in total. The third-order valence-corrected chi connectivity index (χ3v) is 8.24. The van der Waals surface area contributed by atoms with Crippen LogP contribution >= 0.6 is 0 Å². The Kier molecular flexibility index (Phi) is 9.27. The number of Topliss-reactive ketones (excluding diaryl/α,β-unsaturated/α-hetero) is 1. The first-order valence-corrected chi connectivity index (χ1v) is 14.2. The summed E-state index contributed by atoms with van der Waals surface area (Å²) in [4.78, 5) is 58.1. The number of ketones is 1. The first-order chi connectivity index (χ1) is 18.6. The number of benzene rings is 1. The smallest absolute Gasteiger partial charge is 0.252 e. The first-order valence-electron chi connectivity index (χ1n) is 14.2. The number of nitrogens with zero attached hydrogens (tertiary/aromatic N) is 3. The number of carbonyl (C=O) groups is 4. The van der Waals surface area contributed by atoms with E-state index < -0.39 is 30.1 Å². The van der Waals surface area contributed by atoms with Gasteiger partial charge in [0.25, 0.3) is 11.8 Å². The van der Waals surface area contributed by atoms with Gasteiger partial charge in [0, 0.05) is 30.9 Å². The molecule has 0 radical (unpaired) electrons. The maximum Gasteiger partial charge on any atom is 0.252 e. The summed E-state index contributed by atoms with van der Waals surface area (Å²) < 4.78 is 5.40. The summed E-state index contributed by atoms with van der Waals surface area (Å²) in [5.74, 6) is -1.40. The fourth-order valence-corrected chi connectivity index (χ4v) is 5.77. The summed E-state index contributed by atoms with van der Waals surface area (Å²) in [5, 5.41) is 13.4. The summed E-state index contributed by atoms with van der Waals surface area (Å²) >= 11 is 0. The van der Waals surface area contributed by atoms with Gasteiger partial charge in [-0.05, 0) is 48.9 Å². The molecule has 3 saturated heterocycles. The van der Waals surface area contributed by atoms with Crippen molar-refractivity contribution in [3.8, 4) is 0 Å². The number of aliphatic hydroxyl groups excluding tert-OH is 1. The van der Waals surface area contributed by atoms with Crippen molar-refractivity contribution in [3.63, 3.8) is 0 Å². The van der Waals surface area contributed by atoms with Gasteiger partial charge in [-0.2, -0.15) is 0 Å². The van der Waals surface area contributed by atoms with E-state index in [-0.39, 0.29) is 36.0 Å². The molecule has 0 saturated carbocycles. The van der Waals surface area contributed by atoms with Crippen molar-refractivity contribution in [1.29, 1.82) is 0 Å². The van der Waals surface area contributed by atoms with Crippen LogP contribution in [-0.2, 0) is 19.1 Å². The van der Waals surface area contributed by atoms with Crippen LogP contribution in [0.2, 0.25) is 0 Å². The van der Waals surface area contributed by atoms with Crippen LogP contribution in [0, 0.1) is 11.8 Å². The molecule has 10 heteroatoms. The second-order valence-electron chi connectivity index (χ2n) is 11.4. The maximum absolute atomic E-state index is 13.7. The molecule has 0 aromatic heterocycles. The molecule has 4 rings (SSSR count). The van der Waals surface area contributed by atoms with E-state index in [1.807, 2.05) is 32.9 Å². The molecule has 0 bridgehead atoms. The predicted molar refractivity (Wildman–Crippen MR) is 146 cm³/mol. The number of hydrogen-bond donors (Lipinski definition) is 2. The third kappa shape index (κ3) is 6.27. The fourth-order valence-electron chi connectivity index (χ4n) is 5.77. The highest BCUT2D eigenvalue weighted by Crippen LogP contribution is 2.32. The Balaban J connectivity index is 1.45. The second-order valence-corrected chi connectivity index (χ2v) is 11.4. The lowest BCUT2D eigenvalue weighted by molar-refractivity contribution is -0.144. The van der Waals surface area contributed by atoms with Gasteiger partial charge in [-0.25, -0.2) is 0 Å². The van der Waals surface area contributed by atoms with E-state index in [1.54, 1.807) is 19.1 Å². The maximum atomic E-state index is 13.7. The molecule has 3 aliphatic rings. The third-order valence-electron chi connectivity index (χ3n) is 8.24. The highest BCUT2D eigenvalue weighted by Gasteiger charge is 2.53. The van der Waals surface area contributed by atoms with Crippen molar-refractivity contribution >= 4 is 29.2 Å². The van der Waals surface area contributed by atoms with Crippen LogP contribution in [0.3, 0.4) is 0 Å². The molecule has 214 valence electrons. The van der Waals surface area contributed by atoms with Gasteiger partial charge in [0.05, 0.1) is 25.8 Å². The van der Waals surface area contributed by atoms with Gasteiger partial charge in [-0.3, -0.25) is 19.2 Å². The Hall–Kier alpha value is -2.98. The molecule has 39 heavy (non-hydrogen) atoms. The molecule has 3 heterocycles. The number of fused-ring (bicyclic) bond motifs is 1. The van der Waals surface area contributed by atoms with Crippen LogP contribution in [0.15, 0.2) is 24.3 Å². The Bertz CT molecular complexity index is 1050. The molecule has 2 N–H and O–H groups in total. The molecule has 3 aliphatic heterocycles. The van der Waals surface area contributed by atoms with Crippen molar-refractivity contribution in [2.75, 3.05) is 44.3 Å². The Morgan fingerprint density at radius 2 is 1.69 bits per heavy atom. The standard InChI is InChI=1S/C29H42N4O6/c1-5-19(4)26(35)29(38)33-17-24(34)25-23(33)10-11-32(25)28(37)22(16-18(2)3)30-27(36)20-6-8-21(9-7-20)31-12-14-39-15-13-31/h6-9,18-19,22-23,25-26,35H,5,10-17H2,1-4H3,(H,30,36). The molecule has 5 atom stereocenters. The molecule has 0 aliphatic carbocycles. The van der Waals surface area contributed by atoms with Gasteiger partial charge < -0.3 is 29.9 Å². The van der Waals surface area contributed by atoms with Crippen LogP contribution < -0.4 is 10.2 Å². The predicted octanol–water partition coefficient (Wildman–Crippen LogP) is 1.46. The molecule has 5 unspecified atom stereocenters. The minimum absolute atomic E-state index is 0.109. The molecule has 0 spiro atoms. The minimum Gasteiger partial charge on any atom is -0.383 e. The van der Waals surface area contributed by atoms with E-state index in [0.29, 0.717) is 44.6 Å². The van der Waals surface area contributed by atoms with Crippen molar-refractivity contribution in [3.05, 3.63) is 29.8 Å². The Labute approximate surface area is 230 Å². The lowest BCUT2D eigenvalue weighted by atomic mass is 10.00. The zero-order chi connectivity index (χ0) is 28.3. The Morgan fingerprint density at radius 3 is 2.31 bits per heavy atom. The lowest BCUT2D eigenvalue weighted by Crippen LogP contribution is -2.53. The summed E-state index contributed by atoms with van der Waals surface area (Å²) in [6.45, 7) is 10.8. The number of carbonyl (C=O) groups excluding carboxylic acids is 4. The van der Waals surface area contributed by atoms with Crippen molar-refractivity contribution < 1.29 is 29.0 Å². The number of nitrogens with one attached hydrogen (secondary N) is 1. The monoisotopic (exact) mass is 542 g/mol. The van der Waals surface area contributed by atoms with E-state index in [4.69, 9.17) is 4.74 Å². The van der Waals surface area contributed by atoms with Gasteiger partial charge in [-0.1, -0.05) is 34.1 Å². The number of anilines is 1. The van der Waals surface area contributed by atoms with Gasteiger partial charge in [0.1, 0.15) is 18.2 Å². The van der Waals surface area contributed by atoms with Crippen LogP contribution in [-0.4, -0.2) is 102 Å². The quantitative estimate of drug-likeness (QED) is 0.485. The van der Waals surface area contributed by atoms with E-state index >= 15 is 0 Å². The number of amides is 3. The second kappa shape index (κ2) is 12.5. The normalized spacial score (nSPS) is 23.5. The van der Waals surface area contributed by atoms with Gasteiger partial charge >= 0.3 is 0 Å². The molecule has 3 fully saturated rings. The first kappa shape index (κ1) is 29.0. The zero-order valence-electron chi connectivity index (χ0n) is 23.5. The molecular weight excluding hydrogens is 500 g/mol. The van der Waals surface area contributed by atoms with E-state index in [9.17, 15) is 24.3 Å². The van der Waals surface area contributed by atoms with Crippen LogP contribution in [0.1, 0.15) is 57.3 Å². The molecule has 1 aromatic rings. The van der Waals surface area contributed by atoms with Gasteiger partial charge in [0.2, 0.25) is 5.91 Å². The number of ether oxygens (including phenoxy) is 1. The number of morpholine rings is 1. The topological polar surface area (TPSA) is 119 Å². The number of rotatable bonds is 9. The van der Waals surface area contributed by atoms with Crippen LogP contribution in [0.5, 0.6) is 0 Å².